The smallest absolute Gasteiger partial charge is 0.262 e. The lowest BCUT2D eigenvalue weighted by atomic mass is 10.2. The zero-order valence-corrected chi connectivity index (χ0v) is 15.8. The third-order valence-electron chi connectivity index (χ3n) is 3.78. The Bertz CT molecular complexity index is 951. The third kappa shape index (κ3) is 4.73. The SMILES string of the molecule is C[C@@H](CO)Nc1nc(Nc2cnccn2)cc2ccn(CCO)c(=O)c12.S. The van der Waals surface area contributed by atoms with Crippen LogP contribution in [0.4, 0.5) is 17.5 Å². The third-order valence-corrected chi connectivity index (χ3v) is 3.78. The summed E-state index contributed by atoms with van der Waals surface area (Å²) in [6.07, 6.45) is 6.32. The van der Waals surface area contributed by atoms with Crippen LogP contribution in [0.15, 0.2) is 41.7 Å². The van der Waals surface area contributed by atoms with E-state index in [4.69, 9.17) is 5.11 Å². The van der Waals surface area contributed by atoms with Crippen LogP contribution in [-0.4, -0.2) is 49.0 Å². The molecular weight excluding hydrogens is 368 g/mol. The summed E-state index contributed by atoms with van der Waals surface area (Å²) in [6, 6.07) is 3.23. The van der Waals surface area contributed by atoms with Crippen molar-refractivity contribution in [3.63, 3.8) is 0 Å². The van der Waals surface area contributed by atoms with Crippen molar-refractivity contribution < 1.29 is 10.2 Å². The average molecular weight is 390 g/mol. The highest BCUT2D eigenvalue weighted by atomic mass is 32.1. The van der Waals surface area contributed by atoms with E-state index in [1.54, 1.807) is 43.8 Å². The molecule has 27 heavy (non-hydrogen) atoms. The van der Waals surface area contributed by atoms with Gasteiger partial charge in [-0.3, -0.25) is 9.78 Å². The molecule has 3 heterocycles. The van der Waals surface area contributed by atoms with Gasteiger partial charge in [-0.2, -0.15) is 13.5 Å². The maximum Gasteiger partial charge on any atom is 0.262 e. The first kappa shape index (κ1) is 20.6. The van der Waals surface area contributed by atoms with Gasteiger partial charge in [0.05, 0.1) is 24.8 Å². The van der Waals surface area contributed by atoms with Gasteiger partial charge < -0.3 is 25.4 Å². The van der Waals surface area contributed by atoms with Crippen molar-refractivity contribution in [2.45, 2.75) is 19.5 Å². The van der Waals surface area contributed by atoms with Crippen LogP contribution in [0.3, 0.4) is 0 Å². The fraction of sp³-hybridized carbons (Fsp3) is 0.294. The molecule has 0 unspecified atom stereocenters. The fourth-order valence-corrected chi connectivity index (χ4v) is 2.53. The Morgan fingerprint density at radius 1 is 1.26 bits per heavy atom. The molecular formula is C17H22N6O3S. The maximum absolute atomic E-state index is 12.7. The molecule has 144 valence electrons. The quantitative estimate of drug-likeness (QED) is 0.467. The summed E-state index contributed by atoms with van der Waals surface area (Å²) in [5.74, 6) is 1.37. The summed E-state index contributed by atoms with van der Waals surface area (Å²) < 4.78 is 1.43. The molecule has 0 aliphatic heterocycles. The van der Waals surface area contributed by atoms with Crippen LogP contribution in [-0.2, 0) is 6.54 Å². The van der Waals surface area contributed by atoms with Gasteiger partial charge in [-0.15, -0.1) is 0 Å². The van der Waals surface area contributed by atoms with Crippen LogP contribution in [0.5, 0.6) is 0 Å². The van der Waals surface area contributed by atoms with Crippen molar-refractivity contribution in [1.82, 2.24) is 19.5 Å². The molecule has 0 saturated heterocycles. The molecule has 0 fully saturated rings. The van der Waals surface area contributed by atoms with E-state index < -0.39 is 0 Å². The highest BCUT2D eigenvalue weighted by Crippen LogP contribution is 2.24. The lowest BCUT2D eigenvalue weighted by Crippen LogP contribution is -2.25. The summed E-state index contributed by atoms with van der Waals surface area (Å²) in [4.78, 5) is 25.4. The van der Waals surface area contributed by atoms with E-state index in [9.17, 15) is 9.90 Å². The fourth-order valence-electron chi connectivity index (χ4n) is 2.53. The van der Waals surface area contributed by atoms with Gasteiger partial charge in [0, 0.05) is 31.2 Å². The van der Waals surface area contributed by atoms with Crippen molar-refractivity contribution in [2.75, 3.05) is 23.8 Å². The standard InChI is InChI=1S/C17H20N6O3.H2S/c1-11(10-25)20-16-15-12(2-5-23(6-7-24)17(15)26)8-13(22-16)21-14-9-18-3-4-19-14;/h2-5,8-9,11,24-25H,6-7,10H2,1H3,(H2,19,20,21,22);1H2/t11-;/m0./s1. The first-order valence-corrected chi connectivity index (χ1v) is 8.18. The van der Waals surface area contributed by atoms with Crippen molar-refractivity contribution in [2.24, 2.45) is 0 Å². The number of rotatable bonds is 7. The Kier molecular flexibility index (Phi) is 7.11. The highest BCUT2D eigenvalue weighted by molar-refractivity contribution is 7.59. The minimum atomic E-state index is -0.289. The van der Waals surface area contributed by atoms with E-state index in [2.05, 4.69) is 25.6 Å². The molecule has 3 aromatic rings. The second kappa shape index (κ2) is 9.31. The van der Waals surface area contributed by atoms with Gasteiger partial charge in [-0.05, 0) is 24.4 Å². The molecule has 9 nitrogen and oxygen atoms in total. The van der Waals surface area contributed by atoms with E-state index >= 15 is 0 Å². The van der Waals surface area contributed by atoms with Crippen molar-refractivity contribution in [3.8, 4) is 0 Å². The summed E-state index contributed by atoms with van der Waals surface area (Å²) >= 11 is 0. The predicted molar refractivity (Wildman–Crippen MR) is 109 cm³/mol. The number of aliphatic hydroxyl groups excluding tert-OH is 2. The van der Waals surface area contributed by atoms with E-state index in [1.807, 2.05) is 0 Å². The maximum atomic E-state index is 12.7. The molecule has 0 saturated carbocycles. The number of nitrogens with zero attached hydrogens (tertiary/aromatic N) is 4. The molecule has 0 aromatic carbocycles. The molecule has 0 aliphatic rings. The molecule has 3 aromatic heterocycles. The van der Waals surface area contributed by atoms with Crippen LogP contribution in [0.25, 0.3) is 10.8 Å². The number of pyridine rings is 2. The van der Waals surface area contributed by atoms with Gasteiger partial charge in [-0.1, -0.05) is 0 Å². The lowest BCUT2D eigenvalue weighted by Gasteiger charge is -2.16. The van der Waals surface area contributed by atoms with Crippen LogP contribution in [0.2, 0.25) is 0 Å². The summed E-state index contributed by atoms with van der Waals surface area (Å²) in [6.45, 7) is 1.73. The monoisotopic (exact) mass is 390 g/mol. The predicted octanol–water partition coefficient (Wildman–Crippen LogP) is 0.828. The topological polar surface area (TPSA) is 125 Å². The first-order valence-electron chi connectivity index (χ1n) is 8.18. The number of nitrogens with one attached hydrogen (secondary N) is 2. The van der Waals surface area contributed by atoms with Crippen LogP contribution >= 0.6 is 13.5 Å². The lowest BCUT2D eigenvalue weighted by molar-refractivity contribution is 0.274. The van der Waals surface area contributed by atoms with Gasteiger partial charge >= 0.3 is 0 Å². The van der Waals surface area contributed by atoms with E-state index in [-0.39, 0.29) is 44.9 Å². The highest BCUT2D eigenvalue weighted by Gasteiger charge is 2.14. The zero-order chi connectivity index (χ0) is 18.5. The summed E-state index contributed by atoms with van der Waals surface area (Å²) in [7, 11) is 0. The Hall–Kier alpha value is -2.69. The number of aromatic nitrogens is 4. The summed E-state index contributed by atoms with van der Waals surface area (Å²) in [5.41, 5.74) is -0.261. The van der Waals surface area contributed by atoms with Gasteiger partial charge in [0.25, 0.3) is 5.56 Å². The van der Waals surface area contributed by atoms with Crippen molar-refractivity contribution >= 4 is 41.7 Å². The summed E-state index contributed by atoms with van der Waals surface area (Å²) in [5, 5.41) is 25.7. The van der Waals surface area contributed by atoms with Crippen molar-refractivity contribution in [3.05, 3.63) is 47.3 Å². The minimum absolute atomic E-state index is 0. The first-order chi connectivity index (χ1) is 12.6. The molecule has 10 heteroatoms. The van der Waals surface area contributed by atoms with E-state index in [0.717, 1.165) is 0 Å². The van der Waals surface area contributed by atoms with Crippen molar-refractivity contribution in [1.29, 1.82) is 0 Å². The van der Waals surface area contributed by atoms with Crippen LogP contribution < -0.4 is 16.2 Å². The Labute approximate surface area is 162 Å². The van der Waals surface area contributed by atoms with Gasteiger partial charge in [-0.25, -0.2) is 9.97 Å². The largest absolute Gasteiger partial charge is 0.395 e. The van der Waals surface area contributed by atoms with Gasteiger partial charge in [0.1, 0.15) is 17.5 Å². The molecule has 0 aliphatic carbocycles. The van der Waals surface area contributed by atoms with Crippen LogP contribution in [0.1, 0.15) is 6.92 Å². The molecule has 0 radical (unpaired) electrons. The second-order valence-electron chi connectivity index (χ2n) is 5.80. The molecule has 3 rings (SSSR count). The number of fused-ring (bicyclic) bond motifs is 1. The van der Waals surface area contributed by atoms with E-state index in [0.29, 0.717) is 28.2 Å². The number of anilines is 3. The number of hydrogen-bond acceptors (Lipinski definition) is 8. The second-order valence-corrected chi connectivity index (χ2v) is 5.80. The Morgan fingerprint density at radius 2 is 2.07 bits per heavy atom. The molecule has 0 amide bonds. The number of hydrogen-bond donors (Lipinski definition) is 4. The minimum Gasteiger partial charge on any atom is -0.395 e. The van der Waals surface area contributed by atoms with Crippen LogP contribution in [0, 0.1) is 0 Å². The molecule has 4 N–H and O–H groups in total. The molecule has 1 atom stereocenters. The molecule has 0 bridgehead atoms. The van der Waals surface area contributed by atoms with E-state index in [1.165, 1.54) is 4.57 Å². The Balaban J connectivity index is 0.00000261. The number of aliphatic hydroxyl groups is 2. The zero-order valence-electron chi connectivity index (χ0n) is 14.8. The average Bonchev–Trinajstić information content (AvgIpc) is 2.64. The van der Waals surface area contributed by atoms with Gasteiger partial charge in [0.2, 0.25) is 0 Å². The normalized spacial score (nSPS) is 11.7. The molecule has 0 spiro atoms. The van der Waals surface area contributed by atoms with Gasteiger partial charge in [0.15, 0.2) is 0 Å². The Morgan fingerprint density at radius 3 is 2.74 bits per heavy atom.